The lowest BCUT2D eigenvalue weighted by Crippen LogP contribution is -2.40. The zero-order valence-corrected chi connectivity index (χ0v) is 21.0. The van der Waals surface area contributed by atoms with Gasteiger partial charge in [0.15, 0.2) is 5.58 Å². The Morgan fingerprint density at radius 1 is 0.974 bits per heavy atom. The van der Waals surface area contributed by atoms with Gasteiger partial charge in [0.1, 0.15) is 17.0 Å². The molecule has 1 aromatic heterocycles. The third-order valence-corrected chi connectivity index (χ3v) is 6.37. The quantitative estimate of drug-likeness (QED) is 0.291. The minimum Gasteiger partial charge on any atom is -0.466 e. The highest BCUT2D eigenvalue weighted by molar-refractivity contribution is 6.06. The van der Waals surface area contributed by atoms with Gasteiger partial charge in [-0.25, -0.2) is 14.6 Å². The number of oxazole rings is 1. The normalized spacial score (nSPS) is 15.3. The summed E-state index contributed by atoms with van der Waals surface area (Å²) in [5, 5.41) is 10.2. The van der Waals surface area contributed by atoms with Crippen molar-refractivity contribution in [1.29, 1.82) is 5.26 Å². The van der Waals surface area contributed by atoms with Gasteiger partial charge >= 0.3 is 11.9 Å². The summed E-state index contributed by atoms with van der Waals surface area (Å²) in [6, 6.07) is 22.9. The molecular formula is C29H23N5O5. The van der Waals surface area contributed by atoms with E-state index in [1.54, 1.807) is 72.8 Å². The number of aromatic nitrogens is 1. The lowest BCUT2D eigenvalue weighted by Gasteiger charge is -2.36. The second-order valence-corrected chi connectivity index (χ2v) is 8.63. The number of ether oxygens (including phenoxy) is 2. The zero-order valence-electron chi connectivity index (χ0n) is 21.0. The Hall–Kier alpha value is -5.56. The standard InChI is InChI=1S/C29H23N5O5/c1-37-28(35)24-23(16-7-4-3-5-8-16)20(15-30)26(32)34(25(24)29(36)38-2)19-10-6-9-17(13-19)27-33-21-14-18(31)11-12-22(21)39-27/h3-14,23H,31-32H2,1-2H3. The van der Waals surface area contributed by atoms with Crippen LogP contribution in [0, 0.1) is 11.3 Å². The number of esters is 2. The molecule has 0 saturated heterocycles. The van der Waals surface area contributed by atoms with Crippen LogP contribution in [0.3, 0.4) is 0 Å². The lowest BCUT2D eigenvalue weighted by molar-refractivity contribution is -0.139. The first-order valence-electron chi connectivity index (χ1n) is 11.8. The van der Waals surface area contributed by atoms with Crippen LogP contribution in [0.2, 0.25) is 0 Å². The van der Waals surface area contributed by atoms with Crippen LogP contribution in [0.15, 0.2) is 99.9 Å². The fraction of sp³-hybridized carbons (Fsp3) is 0.103. The van der Waals surface area contributed by atoms with Gasteiger partial charge in [-0.2, -0.15) is 5.26 Å². The Balaban J connectivity index is 1.74. The van der Waals surface area contributed by atoms with Gasteiger partial charge in [0.05, 0.1) is 37.4 Å². The molecule has 0 aliphatic carbocycles. The number of hydrogen-bond acceptors (Lipinski definition) is 10. The largest absolute Gasteiger partial charge is 0.466 e. The summed E-state index contributed by atoms with van der Waals surface area (Å²) >= 11 is 0. The Morgan fingerprint density at radius 2 is 1.72 bits per heavy atom. The van der Waals surface area contributed by atoms with Crippen LogP contribution in [0.5, 0.6) is 0 Å². The third kappa shape index (κ3) is 4.32. The molecule has 0 bridgehead atoms. The molecule has 1 aliphatic rings. The zero-order chi connectivity index (χ0) is 27.7. The second kappa shape index (κ2) is 10.1. The number of methoxy groups -OCH3 is 2. The maximum absolute atomic E-state index is 13.3. The minimum absolute atomic E-state index is 0.0399. The van der Waals surface area contributed by atoms with E-state index >= 15 is 0 Å². The summed E-state index contributed by atoms with van der Waals surface area (Å²) in [7, 11) is 2.39. The lowest BCUT2D eigenvalue weighted by atomic mass is 9.81. The molecular weight excluding hydrogens is 498 g/mol. The smallest absolute Gasteiger partial charge is 0.355 e. The highest BCUT2D eigenvalue weighted by atomic mass is 16.5. The molecule has 4 aromatic rings. The summed E-state index contributed by atoms with van der Waals surface area (Å²) in [5.74, 6) is -2.33. The number of hydrogen-bond donors (Lipinski definition) is 2. The summed E-state index contributed by atoms with van der Waals surface area (Å²) in [5.41, 5.74) is 15.4. The average molecular weight is 522 g/mol. The van der Waals surface area contributed by atoms with Crippen molar-refractivity contribution in [3.63, 3.8) is 0 Å². The number of carbonyl (C=O) groups is 2. The number of carbonyl (C=O) groups excluding carboxylic acids is 2. The second-order valence-electron chi connectivity index (χ2n) is 8.63. The maximum atomic E-state index is 13.3. The Bertz CT molecular complexity index is 1710. The van der Waals surface area contributed by atoms with Crippen molar-refractivity contribution in [2.24, 2.45) is 5.73 Å². The predicted octanol–water partition coefficient (Wildman–Crippen LogP) is 3.97. The molecule has 1 unspecified atom stereocenters. The Labute approximate surface area is 223 Å². The van der Waals surface area contributed by atoms with Gasteiger partial charge in [-0.1, -0.05) is 36.4 Å². The van der Waals surface area contributed by atoms with E-state index in [0.717, 1.165) is 0 Å². The predicted molar refractivity (Wildman–Crippen MR) is 143 cm³/mol. The van der Waals surface area contributed by atoms with Crippen LogP contribution in [0.4, 0.5) is 11.4 Å². The van der Waals surface area contributed by atoms with Gasteiger partial charge in [0.2, 0.25) is 5.89 Å². The molecule has 0 radical (unpaired) electrons. The van der Waals surface area contributed by atoms with Crippen LogP contribution in [-0.4, -0.2) is 31.1 Å². The van der Waals surface area contributed by atoms with Crippen molar-refractivity contribution in [2.75, 3.05) is 24.9 Å². The highest BCUT2D eigenvalue weighted by Crippen LogP contribution is 2.43. The molecule has 2 heterocycles. The average Bonchev–Trinajstić information content (AvgIpc) is 3.39. The molecule has 0 saturated carbocycles. The van der Waals surface area contributed by atoms with E-state index in [0.29, 0.717) is 39.5 Å². The number of fused-ring (bicyclic) bond motifs is 1. The van der Waals surface area contributed by atoms with Gasteiger partial charge in [-0.05, 0) is 42.0 Å². The van der Waals surface area contributed by atoms with Crippen LogP contribution >= 0.6 is 0 Å². The van der Waals surface area contributed by atoms with Crippen LogP contribution in [-0.2, 0) is 19.1 Å². The van der Waals surface area contributed by atoms with Gasteiger partial charge in [-0.15, -0.1) is 0 Å². The molecule has 10 heteroatoms. The number of allylic oxidation sites excluding steroid dienone is 1. The van der Waals surface area contributed by atoms with Crippen molar-refractivity contribution in [2.45, 2.75) is 5.92 Å². The van der Waals surface area contributed by atoms with Crippen molar-refractivity contribution in [3.8, 4) is 17.5 Å². The molecule has 5 rings (SSSR count). The van der Waals surface area contributed by atoms with E-state index in [1.807, 2.05) is 0 Å². The van der Waals surface area contributed by atoms with Crippen LogP contribution in [0.25, 0.3) is 22.6 Å². The van der Waals surface area contributed by atoms with Gasteiger partial charge in [-0.3, -0.25) is 4.90 Å². The van der Waals surface area contributed by atoms with E-state index in [2.05, 4.69) is 11.1 Å². The Kier molecular flexibility index (Phi) is 6.48. The summed E-state index contributed by atoms with van der Waals surface area (Å²) < 4.78 is 16.1. The molecule has 4 N–H and O–H groups in total. The van der Waals surface area contributed by atoms with Gasteiger partial charge < -0.3 is 25.4 Å². The van der Waals surface area contributed by atoms with Crippen molar-refractivity contribution >= 4 is 34.4 Å². The number of rotatable bonds is 5. The van der Waals surface area contributed by atoms with Gasteiger partial charge in [0, 0.05) is 16.9 Å². The van der Waals surface area contributed by atoms with Crippen LogP contribution < -0.4 is 16.4 Å². The molecule has 3 aromatic carbocycles. The highest BCUT2D eigenvalue weighted by Gasteiger charge is 2.43. The molecule has 0 fully saturated rings. The van der Waals surface area contributed by atoms with E-state index in [9.17, 15) is 14.9 Å². The molecule has 0 amide bonds. The summed E-state index contributed by atoms with van der Waals surface area (Å²) in [4.78, 5) is 32.3. The third-order valence-electron chi connectivity index (χ3n) is 6.37. The number of nitriles is 1. The first-order chi connectivity index (χ1) is 18.9. The number of nitrogens with zero attached hydrogens (tertiary/aromatic N) is 3. The van der Waals surface area contributed by atoms with E-state index in [4.69, 9.17) is 25.4 Å². The van der Waals surface area contributed by atoms with Crippen molar-refractivity contribution in [3.05, 3.63) is 101 Å². The minimum atomic E-state index is -0.959. The molecule has 0 spiro atoms. The van der Waals surface area contributed by atoms with E-state index < -0.39 is 17.9 Å². The number of anilines is 2. The molecule has 1 atom stereocenters. The fourth-order valence-electron chi connectivity index (χ4n) is 4.63. The topological polar surface area (TPSA) is 158 Å². The molecule has 1 aliphatic heterocycles. The molecule has 10 nitrogen and oxygen atoms in total. The molecule has 39 heavy (non-hydrogen) atoms. The van der Waals surface area contributed by atoms with Crippen molar-refractivity contribution in [1.82, 2.24) is 4.98 Å². The SMILES string of the molecule is COC(=O)C1=C(C(=O)OC)N(c2cccc(-c3nc4cc(N)ccc4o3)c2)C(N)=C(C#N)C1c1ccccc1. The number of nitrogen functional groups attached to an aromatic ring is 1. The fourth-order valence-corrected chi connectivity index (χ4v) is 4.63. The Morgan fingerprint density at radius 3 is 2.41 bits per heavy atom. The number of benzene rings is 3. The monoisotopic (exact) mass is 521 g/mol. The molecule has 194 valence electrons. The summed E-state index contributed by atoms with van der Waals surface area (Å²) in [6.45, 7) is 0. The maximum Gasteiger partial charge on any atom is 0.355 e. The first kappa shape index (κ1) is 25.1. The van der Waals surface area contributed by atoms with E-state index in [1.165, 1.54) is 19.1 Å². The van der Waals surface area contributed by atoms with Crippen molar-refractivity contribution < 1.29 is 23.5 Å². The first-order valence-corrected chi connectivity index (χ1v) is 11.8. The van der Waals surface area contributed by atoms with E-state index in [-0.39, 0.29) is 22.7 Å². The number of nitrogens with two attached hydrogens (primary N) is 2. The summed E-state index contributed by atoms with van der Waals surface area (Å²) in [6.07, 6.45) is 0. The van der Waals surface area contributed by atoms with Gasteiger partial charge in [0.25, 0.3) is 0 Å². The van der Waals surface area contributed by atoms with Crippen LogP contribution in [0.1, 0.15) is 11.5 Å².